The highest BCUT2D eigenvalue weighted by Gasteiger charge is 2.19. The molecular weight excluding hydrogens is 316 g/mol. The van der Waals surface area contributed by atoms with Crippen LogP contribution in [-0.4, -0.2) is 37.2 Å². The zero-order valence-corrected chi connectivity index (χ0v) is 13.8. The predicted octanol–water partition coefficient (Wildman–Crippen LogP) is 3.34. The number of nitrogens with zero attached hydrogens (tertiary/aromatic N) is 1. The minimum atomic E-state index is 0.0871. The van der Waals surface area contributed by atoms with Crippen molar-refractivity contribution >= 4 is 15.9 Å². The zero-order valence-electron chi connectivity index (χ0n) is 12.2. The van der Waals surface area contributed by atoms with Crippen LogP contribution >= 0.6 is 15.9 Å². The average Bonchev–Trinajstić information content (AvgIpc) is 2.96. The second kappa shape index (κ2) is 8.13. The summed E-state index contributed by atoms with van der Waals surface area (Å²) in [7, 11) is 0. The van der Waals surface area contributed by atoms with Gasteiger partial charge in [-0.15, -0.1) is 0 Å². The molecule has 112 valence electrons. The first-order valence-electron chi connectivity index (χ1n) is 7.54. The van der Waals surface area contributed by atoms with Gasteiger partial charge in [0.05, 0.1) is 6.10 Å². The van der Waals surface area contributed by atoms with Crippen molar-refractivity contribution in [3.8, 4) is 0 Å². The molecule has 1 saturated heterocycles. The lowest BCUT2D eigenvalue weighted by Crippen LogP contribution is -2.34. The molecule has 3 nitrogen and oxygen atoms in total. The van der Waals surface area contributed by atoms with Crippen molar-refractivity contribution in [2.24, 2.45) is 5.73 Å². The first kappa shape index (κ1) is 16.0. The molecule has 2 N–H and O–H groups in total. The van der Waals surface area contributed by atoms with Crippen LogP contribution in [-0.2, 0) is 4.74 Å². The quantitative estimate of drug-likeness (QED) is 0.827. The van der Waals surface area contributed by atoms with E-state index < -0.39 is 0 Å². The third-order valence-corrected chi connectivity index (χ3v) is 4.72. The van der Waals surface area contributed by atoms with Crippen LogP contribution in [0.5, 0.6) is 0 Å². The number of rotatable bonds is 7. The molecule has 1 aromatic carbocycles. The summed E-state index contributed by atoms with van der Waals surface area (Å²) in [6.45, 7) is 6.26. The Hall–Kier alpha value is -0.420. The number of likely N-dealkylation sites (N-methyl/N-ethyl adjacent to an activating group) is 1. The Bertz CT molecular complexity index is 407. The summed E-state index contributed by atoms with van der Waals surface area (Å²) in [6, 6.07) is 8.31. The van der Waals surface area contributed by atoms with Crippen molar-refractivity contribution in [2.75, 3.05) is 26.2 Å². The highest BCUT2D eigenvalue weighted by atomic mass is 79.9. The average molecular weight is 341 g/mol. The van der Waals surface area contributed by atoms with Gasteiger partial charge in [0.2, 0.25) is 0 Å². The van der Waals surface area contributed by atoms with Crippen molar-refractivity contribution in [3.63, 3.8) is 0 Å². The van der Waals surface area contributed by atoms with Crippen molar-refractivity contribution in [1.29, 1.82) is 0 Å². The highest BCUT2D eigenvalue weighted by molar-refractivity contribution is 9.10. The Morgan fingerprint density at radius 1 is 1.45 bits per heavy atom. The molecule has 0 bridgehead atoms. The van der Waals surface area contributed by atoms with Gasteiger partial charge in [-0.05, 0) is 37.4 Å². The molecule has 4 heteroatoms. The van der Waals surface area contributed by atoms with E-state index >= 15 is 0 Å². The van der Waals surface area contributed by atoms with E-state index in [0.29, 0.717) is 6.10 Å². The van der Waals surface area contributed by atoms with Gasteiger partial charge < -0.3 is 15.4 Å². The van der Waals surface area contributed by atoms with Gasteiger partial charge in [-0.1, -0.05) is 41.1 Å². The topological polar surface area (TPSA) is 38.5 Å². The van der Waals surface area contributed by atoms with E-state index in [0.717, 1.165) is 37.1 Å². The number of halogens is 1. The Balaban J connectivity index is 1.81. The van der Waals surface area contributed by atoms with Crippen LogP contribution in [0.1, 0.15) is 37.8 Å². The second-order valence-corrected chi connectivity index (χ2v) is 6.30. The third kappa shape index (κ3) is 4.55. The molecule has 1 fully saturated rings. The van der Waals surface area contributed by atoms with Crippen LogP contribution in [0.2, 0.25) is 0 Å². The monoisotopic (exact) mass is 340 g/mol. The van der Waals surface area contributed by atoms with Crippen LogP contribution in [0.25, 0.3) is 0 Å². The number of nitrogens with two attached hydrogens (primary N) is 1. The molecule has 2 rings (SSSR count). The molecule has 2 atom stereocenters. The van der Waals surface area contributed by atoms with Gasteiger partial charge in [0.15, 0.2) is 0 Å². The summed E-state index contributed by atoms with van der Waals surface area (Å²) >= 11 is 3.58. The standard InChI is InChI=1S/C16H25BrN2O/c1-2-19(12-13-6-5-11-20-13)10-9-16(18)14-7-3-4-8-15(14)17/h3-4,7-8,13,16H,2,5-6,9-12,18H2,1H3. The molecule has 1 aliphatic rings. The minimum Gasteiger partial charge on any atom is -0.377 e. The molecule has 2 unspecified atom stereocenters. The summed E-state index contributed by atoms with van der Waals surface area (Å²) in [5.74, 6) is 0. The zero-order chi connectivity index (χ0) is 14.4. The third-order valence-electron chi connectivity index (χ3n) is 3.99. The molecular formula is C16H25BrN2O. The van der Waals surface area contributed by atoms with E-state index in [-0.39, 0.29) is 6.04 Å². The van der Waals surface area contributed by atoms with Gasteiger partial charge >= 0.3 is 0 Å². The number of ether oxygens (including phenoxy) is 1. The summed E-state index contributed by atoms with van der Waals surface area (Å²) in [6.07, 6.45) is 3.81. The van der Waals surface area contributed by atoms with Gasteiger partial charge in [0, 0.05) is 30.2 Å². The van der Waals surface area contributed by atoms with Crippen molar-refractivity contribution in [2.45, 2.75) is 38.3 Å². The summed E-state index contributed by atoms with van der Waals surface area (Å²) in [4.78, 5) is 2.45. The van der Waals surface area contributed by atoms with E-state index in [4.69, 9.17) is 10.5 Å². The Morgan fingerprint density at radius 3 is 2.90 bits per heavy atom. The van der Waals surface area contributed by atoms with Crippen LogP contribution in [0.15, 0.2) is 28.7 Å². The largest absolute Gasteiger partial charge is 0.377 e. The molecule has 0 saturated carbocycles. The van der Waals surface area contributed by atoms with Crippen molar-refractivity contribution < 1.29 is 4.74 Å². The summed E-state index contributed by atoms with van der Waals surface area (Å²) in [5, 5.41) is 0. The molecule has 1 aliphatic heterocycles. The Morgan fingerprint density at radius 2 is 2.25 bits per heavy atom. The van der Waals surface area contributed by atoms with Gasteiger partial charge in [0.1, 0.15) is 0 Å². The molecule has 1 aromatic rings. The molecule has 0 aromatic heterocycles. The van der Waals surface area contributed by atoms with E-state index in [1.54, 1.807) is 0 Å². The van der Waals surface area contributed by atoms with Gasteiger partial charge in [-0.2, -0.15) is 0 Å². The maximum atomic E-state index is 6.32. The SMILES string of the molecule is CCN(CCC(N)c1ccccc1Br)CC1CCCO1. The maximum Gasteiger partial charge on any atom is 0.0702 e. The lowest BCUT2D eigenvalue weighted by molar-refractivity contribution is 0.0738. The fourth-order valence-corrected chi connectivity index (χ4v) is 3.29. The fraction of sp³-hybridized carbons (Fsp3) is 0.625. The second-order valence-electron chi connectivity index (χ2n) is 5.44. The lowest BCUT2D eigenvalue weighted by Gasteiger charge is -2.25. The Kier molecular flexibility index (Phi) is 6.49. The highest BCUT2D eigenvalue weighted by Crippen LogP contribution is 2.24. The normalized spacial score (nSPS) is 20.5. The minimum absolute atomic E-state index is 0.0871. The van der Waals surface area contributed by atoms with Gasteiger partial charge in [0.25, 0.3) is 0 Å². The van der Waals surface area contributed by atoms with E-state index in [2.05, 4.69) is 39.9 Å². The van der Waals surface area contributed by atoms with Crippen molar-refractivity contribution in [1.82, 2.24) is 4.90 Å². The molecule has 0 spiro atoms. The lowest BCUT2D eigenvalue weighted by atomic mass is 10.0. The molecule has 20 heavy (non-hydrogen) atoms. The van der Waals surface area contributed by atoms with Gasteiger partial charge in [-0.3, -0.25) is 0 Å². The van der Waals surface area contributed by atoms with E-state index in [1.165, 1.54) is 18.4 Å². The van der Waals surface area contributed by atoms with Crippen molar-refractivity contribution in [3.05, 3.63) is 34.3 Å². The first-order chi connectivity index (χ1) is 9.70. The summed E-state index contributed by atoms with van der Waals surface area (Å²) < 4.78 is 6.82. The van der Waals surface area contributed by atoms with E-state index in [1.807, 2.05) is 12.1 Å². The number of hydrogen-bond donors (Lipinski definition) is 1. The maximum absolute atomic E-state index is 6.32. The fourth-order valence-electron chi connectivity index (χ4n) is 2.71. The molecule has 0 amide bonds. The number of benzene rings is 1. The predicted molar refractivity (Wildman–Crippen MR) is 86.8 cm³/mol. The van der Waals surface area contributed by atoms with Crippen LogP contribution in [0.3, 0.4) is 0 Å². The van der Waals surface area contributed by atoms with Crippen LogP contribution < -0.4 is 5.73 Å². The van der Waals surface area contributed by atoms with Crippen LogP contribution in [0, 0.1) is 0 Å². The van der Waals surface area contributed by atoms with Gasteiger partial charge in [-0.25, -0.2) is 0 Å². The first-order valence-corrected chi connectivity index (χ1v) is 8.34. The molecule has 1 heterocycles. The molecule has 0 radical (unpaired) electrons. The number of hydrogen-bond acceptors (Lipinski definition) is 3. The molecule has 0 aliphatic carbocycles. The summed E-state index contributed by atoms with van der Waals surface area (Å²) in [5.41, 5.74) is 7.51. The van der Waals surface area contributed by atoms with E-state index in [9.17, 15) is 0 Å². The van der Waals surface area contributed by atoms with Crippen LogP contribution in [0.4, 0.5) is 0 Å². The smallest absolute Gasteiger partial charge is 0.0702 e. The Labute approximate surface area is 130 Å².